The van der Waals surface area contributed by atoms with E-state index < -0.39 is 0 Å². The molecule has 1 aromatic heterocycles. The fourth-order valence-corrected chi connectivity index (χ4v) is 3.58. The highest BCUT2D eigenvalue weighted by molar-refractivity contribution is 5.89. The van der Waals surface area contributed by atoms with Crippen molar-refractivity contribution in [1.82, 2.24) is 9.88 Å². The van der Waals surface area contributed by atoms with E-state index >= 15 is 0 Å². The van der Waals surface area contributed by atoms with Gasteiger partial charge in [0.2, 0.25) is 5.91 Å². The number of anilines is 1. The van der Waals surface area contributed by atoms with E-state index in [1.165, 1.54) is 0 Å². The molecule has 0 aromatic carbocycles. The molecule has 1 spiro atoms. The molecule has 2 aliphatic heterocycles. The van der Waals surface area contributed by atoms with Gasteiger partial charge in [0.1, 0.15) is 5.82 Å². The number of likely N-dealkylation sites (tertiary alicyclic amines) is 1. The minimum absolute atomic E-state index is 0.0603. The molecule has 2 aliphatic rings. The zero-order chi connectivity index (χ0) is 15.0. The SMILES string of the molecule is Cc1cccc(N2CCC3(CC2)CN(CC(C)C)C3=O)n1. The Labute approximate surface area is 127 Å². The van der Waals surface area contributed by atoms with E-state index in [-0.39, 0.29) is 5.41 Å². The fraction of sp³-hybridized carbons (Fsp3) is 0.647. The lowest BCUT2D eigenvalue weighted by Gasteiger charge is -2.53. The van der Waals surface area contributed by atoms with Gasteiger partial charge in [-0.3, -0.25) is 4.79 Å². The Hall–Kier alpha value is -1.58. The number of carbonyl (C=O) groups is 1. The van der Waals surface area contributed by atoms with Gasteiger partial charge in [0.25, 0.3) is 0 Å². The zero-order valence-electron chi connectivity index (χ0n) is 13.3. The molecule has 4 heteroatoms. The number of rotatable bonds is 3. The van der Waals surface area contributed by atoms with Crippen LogP contribution in [0.25, 0.3) is 0 Å². The topological polar surface area (TPSA) is 36.4 Å². The summed E-state index contributed by atoms with van der Waals surface area (Å²) in [6.45, 7) is 10.1. The molecule has 1 aromatic rings. The smallest absolute Gasteiger partial charge is 0.230 e. The Balaban J connectivity index is 1.60. The summed E-state index contributed by atoms with van der Waals surface area (Å²) < 4.78 is 0. The number of aryl methyl sites for hydroxylation is 1. The third-order valence-electron chi connectivity index (χ3n) is 4.74. The van der Waals surface area contributed by atoms with Crippen LogP contribution >= 0.6 is 0 Å². The molecule has 0 radical (unpaired) electrons. The third kappa shape index (κ3) is 2.63. The van der Waals surface area contributed by atoms with Crippen molar-refractivity contribution in [2.45, 2.75) is 33.6 Å². The second-order valence-electron chi connectivity index (χ2n) is 6.98. The average molecular weight is 287 g/mol. The van der Waals surface area contributed by atoms with Crippen LogP contribution in [0.5, 0.6) is 0 Å². The van der Waals surface area contributed by atoms with Crippen LogP contribution in [0.1, 0.15) is 32.4 Å². The Morgan fingerprint density at radius 2 is 2.00 bits per heavy atom. The predicted octanol–water partition coefficient (Wildman–Crippen LogP) is 2.47. The largest absolute Gasteiger partial charge is 0.357 e. The predicted molar refractivity (Wildman–Crippen MR) is 84.3 cm³/mol. The number of carbonyl (C=O) groups excluding carboxylic acids is 1. The van der Waals surface area contributed by atoms with Crippen molar-refractivity contribution in [2.75, 3.05) is 31.1 Å². The first-order valence-electron chi connectivity index (χ1n) is 7.98. The molecule has 1 amide bonds. The van der Waals surface area contributed by atoms with E-state index in [1.807, 2.05) is 17.9 Å². The third-order valence-corrected chi connectivity index (χ3v) is 4.74. The summed E-state index contributed by atoms with van der Waals surface area (Å²) in [5, 5.41) is 0. The Morgan fingerprint density at radius 3 is 2.57 bits per heavy atom. The highest BCUT2D eigenvalue weighted by Gasteiger charge is 2.52. The Kier molecular flexibility index (Phi) is 3.64. The second kappa shape index (κ2) is 5.32. The Bertz CT molecular complexity index is 533. The number of amides is 1. The van der Waals surface area contributed by atoms with E-state index in [4.69, 9.17) is 0 Å². The maximum atomic E-state index is 12.5. The summed E-state index contributed by atoms with van der Waals surface area (Å²) in [5.41, 5.74) is 0.991. The van der Waals surface area contributed by atoms with Gasteiger partial charge in [-0.25, -0.2) is 4.98 Å². The molecule has 114 valence electrons. The summed E-state index contributed by atoms with van der Waals surface area (Å²) in [5.74, 6) is 1.99. The zero-order valence-corrected chi connectivity index (χ0v) is 13.3. The molecule has 0 aliphatic carbocycles. The lowest BCUT2D eigenvalue weighted by atomic mass is 9.71. The molecule has 0 N–H and O–H groups in total. The summed E-state index contributed by atoms with van der Waals surface area (Å²) in [4.78, 5) is 21.4. The lowest BCUT2D eigenvalue weighted by Crippen LogP contribution is -2.65. The Morgan fingerprint density at radius 1 is 1.29 bits per heavy atom. The van der Waals surface area contributed by atoms with Gasteiger partial charge in [-0.2, -0.15) is 0 Å². The van der Waals surface area contributed by atoms with Gasteiger partial charge >= 0.3 is 0 Å². The van der Waals surface area contributed by atoms with Crippen molar-refractivity contribution >= 4 is 11.7 Å². The van der Waals surface area contributed by atoms with E-state index in [1.54, 1.807) is 0 Å². The number of pyridine rings is 1. The van der Waals surface area contributed by atoms with Gasteiger partial charge in [-0.15, -0.1) is 0 Å². The van der Waals surface area contributed by atoms with E-state index in [9.17, 15) is 4.79 Å². The van der Waals surface area contributed by atoms with Crippen LogP contribution in [-0.2, 0) is 4.79 Å². The van der Waals surface area contributed by atoms with Gasteiger partial charge in [0.15, 0.2) is 0 Å². The van der Waals surface area contributed by atoms with Crippen molar-refractivity contribution in [2.24, 2.45) is 11.3 Å². The molecule has 3 heterocycles. The summed E-state index contributed by atoms with van der Waals surface area (Å²) in [7, 11) is 0. The van der Waals surface area contributed by atoms with Crippen LogP contribution in [0, 0.1) is 18.3 Å². The van der Waals surface area contributed by atoms with Crippen LogP contribution in [0.4, 0.5) is 5.82 Å². The first kappa shape index (κ1) is 14.4. The number of aromatic nitrogens is 1. The monoisotopic (exact) mass is 287 g/mol. The molecule has 2 saturated heterocycles. The molecule has 21 heavy (non-hydrogen) atoms. The molecule has 0 unspecified atom stereocenters. The molecule has 0 atom stereocenters. The quantitative estimate of drug-likeness (QED) is 0.801. The van der Waals surface area contributed by atoms with Crippen molar-refractivity contribution in [3.05, 3.63) is 23.9 Å². The summed E-state index contributed by atoms with van der Waals surface area (Å²) in [6, 6.07) is 6.15. The normalized spacial score (nSPS) is 21.0. The lowest BCUT2D eigenvalue weighted by molar-refractivity contribution is -0.163. The van der Waals surface area contributed by atoms with Gasteiger partial charge in [-0.1, -0.05) is 19.9 Å². The van der Waals surface area contributed by atoms with Crippen LogP contribution in [0.15, 0.2) is 18.2 Å². The van der Waals surface area contributed by atoms with Gasteiger partial charge in [0, 0.05) is 31.9 Å². The highest BCUT2D eigenvalue weighted by atomic mass is 16.2. The van der Waals surface area contributed by atoms with Crippen molar-refractivity contribution in [3.8, 4) is 0 Å². The molecule has 3 rings (SSSR count). The van der Waals surface area contributed by atoms with Crippen molar-refractivity contribution < 1.29 is 4.79 Å². The molecular formula is C17H25N3O. The maximum Gasteiger partial charge on any atom is 0.230 e. The molecular weight excluding hydrogens is 262 g/mol. The number of hydrogen-bond donors (Lipinski definition) is 0. The summed E-state index contributed by atoms with van der Waals surface area (Å²) in [6.07, 6.45) is 1.94. The first-order chi connectivity index (χ1) is 10.00. The standard InChI is InChI=1S/C17H25N3O/c1-13(2)11-20-12-17(16(20)21)7-9-19(10-8-17)15-6-4-5-14(3)18-15/h4-6,13H,7-12H2,1-3H3. The maximum absolute atomic E-state index is 12.5. The van der Waals surface area contributed by atoms with Gasteiger partial charge < -0.3 is 9.80 Å². The van der Waals surface area contributed by atoms with E-state index in [2.05, 4.69) is 35.9 Å². The van der Waals surface area contributed by atoms with Crippen LogP contribution < -0.4 is 4.90 Å². The molecule has 0 bridgehead atoms. The minimum Gasteiger partial charge on any atom is -0.357 e. The first-order valence-corrected chi connectivity index (χ1v) is 7.98. The van der Waals surface area contributed by atoms with Gasteiger partial charge in [0.05, 0.1) is 5.41 Å². The van der Waals surface area contributed by atoms with E-state index in [0.29, 0.717) is 11.8 Å². The number of β-lactam (4-membered cyclic amide) rings is 1. The number of piperidine rings is 1. The van der Waals surface area contributed by atoms with Crippen LogP contribution in [0.3, 0.4) is 0 Å². The van der Waals surface area contributed by atoms with Gasteiger partial charge in [-0.05, 0) is 37.8 Å². The van der Waals surface area contributed by atoms with Crippen LogP contribution in [0.2, 0.25) is 0 Å². The van der Waals surface area contributed by atoms with Crippen molar-refractivity contribution in [1.29, 1.82) is 0 Å². The van der Waals surface area contributed by atoms with Crippen LogP contribution in [-0.4, -0.2) is 42.0 Å². The molecule has 0 saturated carbocycles. The number of nitrogens with zero attached hydrogens (tertiary/aromatic N) is 3. The van der Waals surface area contributed by atoms with E-state index in [0.717, 1.165) is 50.5 Å². The second-order valence-corrected chi connectivity index (χ2v) is 6.98. The number of hydrogen-bond acceptors (Lipinski definition) is 3. The minimum atomic E-state index is -0.0603. The highest BCUT2D eigenvalue weighted by Crippen LogP contribution is 2.42. The van der Waals surface area contributed by atoms with Crippen molar-refractivity contribution in [3.63, 3.8) is 0 Å². The molecule has 4 nitrogen and oxygen atoms in total. The fourth-order valence-electron chi connectivity index (χ4n) is 3.58. The summed E-state index contributed by atoms with van der Waals surface area (Å²) >= 11 is 0. The molecule has 2 fully saturated rings. The average Bonchev–Trinajstić information content (AvgIpc) is 2.47.